The minimum Gasteiger partial charge on any atom is -0.312 e. The zero-order valence-electron chi connectivity index (χ0n) is 7.24. The first kappa shape index (κ1) is 8.63. The van der Waals surface area contributed by atoms with Crippen molar-refractivity contribution in [2.45, 2.75) is 19.6 Å². The van der Waals surface area contributed by atoms with Gasteiger partial charge in [0.2, 0.25) is 0 Å². The maximum atomic E-state index is 13.1. The standard InChI is InChI=1S/C10H11F2N/c11-5-8-3-9-6-13-2-1-7(9)4-10(8)12/h3-4,13H,1-2,5-6H2. The maximum absolute atomic E-state index is 13.1. The fourth-order valence-corrected chi connectivity index (χ4v) is 1.66. The number of nitrogens with one attached hydrogen (secondary N) is 1. The smallest absolute Gasteiger partial charge is 0.129 e. The van der Waals surface area contributed by atoms with Crippen molar-refractivity contribution in [2.75, 3.05) is 6.54 Å². The van der Waals surface area contributed by atoms with Crippen LogP contribution in [0.25, 0.3) is 0 Å². The molecule has 1 nitrogen and oxygen atoms in total. The molecule has 0 radical (unpaired) electrons. The molecule has 1 aliphatic rings. The molecule has 0 spiro atoms. The third-order valence-electron chi connectivity index (χ3n) is 2.40. The van der Waals surface area contributed by atoms with Gasteiger partial charge in [0.1, 0.15) is 12.5 Å². The lowest BCUT2D eigenvalue weighted by Gasteiger charge is -2.17. The predicted molar refractivity (Wildman–Crippen MR) is 46.6 cm³/mol. The Bertz CT molecular complexity index is 323. The van der Waals surface area contributed by atoms with E-state index in [-0.39, 0.29) is 5.56 Å². The number of benzene rings is 1. The van der Waals surface area contributed by atoms with Gasteiger partial charge in [-0.2, -0.15) is 0 Å². The predicted octanol–water partition coefficient (Wildman–Crippen LogP) is 1.94. The van der Waals surface area contributed by atoms with Crippen LogP contribution in [0, 0.1) is 5.82 Å². The maximum Gasteiger partial charge on any atom is 0.129 e. The normalized spacial score (nSPS) is 15.5. The van der Waals surface area contributed by atoms with Gasteiger partial charge in [0.05, 0.1) is 0 Å². The van der Waals surface area contributed by atoms with E-state index in [0.29, 0.717) is 0 Å². The second-order valence-electron chi connectivity index (χ2n) is 3.27. The molecule has 13 heavy (non-hydrogen) atoms. The first-order valence-electron chi connectivity index (χ1n) is 4.38. The Hall–Kier alpha value is -0.960. The first-order valence-corrected chi connectivity index (χ1v) is 4.38. The van der Waals surface area contributed by atoms with Gasteiger partial charge >= 0.3 is 0 Å². The van der Waals surface area contributed by atoms with E-state index in [9.17, 15) is 8.78 Å². The second-order valence-corrected chi connectivity index (χ2v) is 3.27. The van der Waals surface area contributed by atoms with Gasteiger partial charge in [0.25, 0.3) is 0 Å². The summed E-state index contributed by atoms with van der Waals surface area (Å²) in [5, 5.41) is 3.17. The van der Waals surface area contributed by atoms with E-state index in [2.05, 4.69) is 5.32 Å². The summed E-state index contributed by atoms with van der Waals surface area (Å²) in [5.74, 6) is -0.414. The molecule has 0 atom stereocenters. The summed E-state index contributed by atoms with van der Waals surface area (Å²) in [7, 11) is 0. The quantitative estimate of drug-likeness (QED) is 0.701. The van der Waals surface area contributed by atoms with Crippen molar-refractivity contribution < 1.29 is 8.78 Å². The van der Waals surface area contributed by atoms with Gasteiger partial charge in [-0.3, -0.25) is 0 Å². The molecular weight excluding hydrogens is 172 g/mol. The van der Waals surface area contributed by atoms with Crippen molar-refractivity contribution in [2.24, 2.45) is 0 Å². The molecule has 0 bridgehead atoms. The third-order valence-corrected chi connectivity index (χ3v) is 2.40. The SMILES string of the molecule is FCc1cc2c(cc1F)CCNC2. The lowest BCUT2D eigenvalue weighted by Crippen LogP contribution is -2.23. The average molecular weight is 183 g/mol. The van der Waals surface area contributed by atoms with Crippen LogP contribution in [-0.2, 0) is 19.6 Å². The van der Waals surface area contributed by atoms with Crippen LogP contribution in [0.3, 0.4) is 0 Å². The van der Waals surface area contributed by atoms with Crippen LogP contribution < -0.4 is 5.32 Å². The highest BCUT2D eigenvalue weighted by atomic mass is 19.1. The van der Waals surface area contributed by atoms with E-state index in [0.717, 1.165) is 30.6 Å². The molecule has 0 saturated carbocycles. The summed E-state index contributed by atoms with van der Waals surface area (Å²) in [6.07, 6.45) is 0.832. The molecule has 1 aromatic rings. The van der Waals surface area contributed by atoms with Gasteiger partial charge in [0.15, 0.2) is 0 Å². The van der Waals surface area contributed by atoms with E-state index in [1.807, 2.05) is 0 Å². The van der Waals surface area contributed by atoms with Gasteiger partial charge in [-0.25, -0.2) is 8.78 Å². The zero-order valence-corrected chi connectivity index (χ0v) is 7.24. The van der Waals surface area contributed by atoms with Crippen LogP contribution in [0.15, 0.2) is 12.1 Å². The second kappa shape index (κ2) is 3.42. The summed E-state index contributed by atoms with van der Waals surface area (Å²) in [6.45, 7) is 0.878. The van der Waals surface area contributed by atoms with Crippen LogP contribution in [0.5, 0.6) is 0 Å². The van der Waals surface area contributed by atoms with E-state index in [4.69, 9.17) is 0 Å². The summed E-state index contributed by atoms with van der Waals surface area (Å²) < 4.78 is 25.4. The lowest BCUT2D eigenvalue weighted by molar-refractivity contribution is 0.461. The number of rotatable bonds is 1. The zero-order chi connectivity index (χ0) is 9.26. The fourth-order valence-electron chi connectivity index (χ4n) is 1.66. The molecule has 0 unspecified atom stereocenters. The van der Waals surface area contributed by atoms with E-state index in [1.165, 1.54) is 6.07 Å². The van der Waals surface area contributed by atoms with Gasteiger partial charge in [-0.05, 0) is 36.2 Å². The molecule has 0 fully saturated rings. The van der Waals surface area contributed by atoms with Gasteiger partial charge < -0.3 is 5.32 Å². The Morgan fingerprint density at radius 3 is 2.92 bits per heavy atom. The molecule has 1 aromatic carbocycles. The van der Waals surface area contributed by atoms with Crippen LogP contribution in [0.2, 0.25) is 0 Å². The molecule has 1 heterocycles. The molecule has 0 aromatic heterocycles. The van der Waals surface area contributed by atoms with Crippen LogP contribution in [0.4, 0.5) is 8.78 Å². The summed E-state index contributed by atoms with van der Waals surface area (Å²) in [4.78, 5) is 0. The molecular formula is C10H11F2N. The Morgan fingerprint density at radius 2 is 2.15 bits per heavy atom. The van der Waals surface area contributed by atoms with Crippen molar-refractivity contribution in [3.8, 4) is 0 Å². The molecule has 3 heteroatoms. The lowest BCUT2D eigenvalue weighted by atomic mass is 9.98. The summed E-state index contributed by atoms with van der Waals surface area (Å²) in [5.41, 5.74) is 2.20. The number of halogens is 2. The van der Waals surface area contributed by atoms with Gasteiger partial charge in [0, 0.05) is 12.1 Å². The molecule has 0 saturated heterocycles. The number of hydrogen-bond donors (Lipinski definition) is 1. The Morgan fingerprint density at radius 1 is 1.31 bits per heavy atom. The van der Waals surface area contributed by atoms with Crippen LogP contribution >= 0.6 is 0 Å². The monoisotopic (exact) mass is 183 g/mol. The number of alkyl halides is 1. The molecule has 2 rings (SSSR count). The van der Waals surface area contributed by atoms with Gasteiger partial charge in [-0.1, -0.05) is 0 Å². The Balaban J connectivity index is 2.44. The fraction of sp³-hybridized carbons (Fsp3) is 0.400. The summed E-state index contributed by atoms with van der Waals surface area (Å²) in [6, 6.07) is 3.09. The minimum atomic E-state index is -0.723. The number of hydrogen-bond acceptors (Lipinski definition) is 1. The highest BCUT2D eigenvalue weighted by Crippen LogP contribution is 2.19. The Labute approximate surface area is 75.8 Å². The van der Waals surface area contributed by atoms with E-state index >= 15 is 0 Å². The Kier molecular flexibility index (Phi) is 2.27. The molecule has 1 aliphatic heterocycles. The van der Waals surface area contributed by atoms with Crippen LogP contribution in [-0.4, -0.2) is 6.54 Å². The third kappa shape index (κ3) is 1.56. The average Bonchev–Trinajstić information content (AvgIpc) is 2.17. The van der Waals surface area contributed by atoms with Crippen LogP contribution in [0.1, 0.15) is 16.7 Å². The number of fused-ring (bicyclic) bond motifs is 1. The molecule has 70 valence electrons. The van der Waals surface area contributed by atoms with Crippen molar-refractivity contribution in [1.82, 2.24) is 5.32 Å². The van der Waals surface area contributed by atoms with Crippen molar-refractivity contribution in [3.05, 3.63) is 34.6 Å². The molecule has 0 amide bonds. The first-order chi connectivity index (χ1) is 6.31. The van der Waals surface area contributed by atoms with Crippen molar-refractivity contribution >= 4 is 0 Å². The largest absolute Gasteiger partial charge is 0.312 e. The van der Waals surface area contributed by atoms with E-state index in [1.54, 1.807) is 6.07 Å². The van der Waals surface area contributed by atoms with Crippen molar-refractivity contribution in [3.63, 3.8) is 0 Å². The molecule has 0 aliphatic carbocycles. The van der Waals surface area contributed by atoms with Gasteiger partial charge in [-0.15, -0.1) is 0 Å². The van der Waals surface area contributed by atoms with Crippen molar-refractivity contribution in [1.29, 1.82) is 0 Å². The highest BCUT2D eigenvalue weighted by Gasteiger charge is 2.12. The van der Waals surface area contributed by atoms with E-state index < -0.39 is 12.5 Å². The topological polar surface area (TPSA) is 12.0 Å². The minimum absolute atomic E-state index is 0.169. The summed E-state index contributed by atoms with van der Waals surface area (Å²) >= 11 is 0. The highest BCUT2D eigenvalue weighted by molar-refractivity contribution is 5.34. The molecule has 1 N–H and O–H groups in total.